The number of hydrogen-bond donors (Lipinski definition) is 0. The average Bonchev–Trinajstić information content (AvgIpc) is 2.28. The van der Waals surface area contributed by atoms with E-state index >= 15 is 0 Å². The first-order chi connectivity index (χ1) is 8.31. The topological polar surface area (TPSA) is 27.0 Å². The minimum atomic E-state index is -4.50. The molecular formula is C13H15F3N2. The maximum absolute atomic E-state index is 12.8. The van der Waals surface area contributed by atoms with Gasteiger partial charge in [0, 0.05) is 18.3 Å². The van der Waals surface area contributed by atoms with E-state index in [4.69, 9.17) is 5.26 Å². The molecule has 1 aromatic carbocycles. The Labute approximate surface area is 105 Å². The van der Waals surface area contributed by atoms with Crippen LogP contribution in [0.2, 0.25) is 0 Å². The van der Waals surface area contributed by atoms with Crippen LogP contribution in [0.4, 0.5) is 18.9 Å². The molecule has 5 heteroatoms. The number of hydrogen-bond acceptors (Lipinski definition) is 2. The highest BCUT2D eigenvalue weighted by Gasteiger charge is 2.34. The van der Waals surface area contributed by atoms with Gasteiger partial charge in [-0.3, -0.25) is 0 Å². The smallest absolute Gasteiger partial charge is 0.369 e. The van der Waals surface area contributed by atoms with E-state index in [2.05, 4.69) is 0 Å². The molecular weight excluding hydrogens is 241 g/mol. The number of nitriles is 1. The van der Waals surface area contributed by atoms with E-state index in [9.17, 15) is 13.2 Å². The Morgan fingerprint density at radius 3 is 2.33 bits per heavy atom. The fourth-order valence-corrected chi connectivity index (χ4v) is 1.89. The Morgan fingerprint density at radius 1 is 1.33 bits per heavy atom. The molecule has 0 aliphatic heterocycles. The second-order valence-electron chi connectivity index (χ2n) is 4.22. The third kappa shape index (κ3) is 2.95. The number of nitrogens with zero attached hydrogens (tertiary/aromatic N) is 2. The Kier molecular flexibility index (Phi) is 4.23. The lowest BCUT2D eigenvalue weighted by Crippen LogP contribution is -2.30. The summed E-state index contributed by atoms with van der Waals surface area (Å²) in [5, 5.41) is 8.71. The molecule has 0 radical (unpaired) electrons. The molecule has 98 valence electrons. The van der Waals surface area contributed by atoms with Crippen LogP contribution in [0.5, 0.6) is 0 Å². The lowest BCUT2D eigenvalue weighted by atomic mass is 10.1. The Balaban J connectivity index is 3.31. The van der Waals surface area contributed by atoms with E-state index in [1.54, 1.807) is 12.1 Å². The van der Waals surface area contributed by atoms with Crippen molar-refractivity contribution >= 4 is 5.69 Å². The van der Waals surface area contributed by atoms with Gasteiger partial charge in [0.1, 0.15) is 0 Å². The fourth-order valence-electron chi connectivity index (χ4n) is 1.89. The van der Waals surface area contributed by atoms with Gasteiger partial charge in [-0.1, -0.05) is 0 Å². The summed E-state index contributed by atoms with van der Waals surface area (Å²) in [7, 11) is 0. The van der Waals surface area contributed by atoms with Gasteiger partial charge in [-0.15, -0.1) is 0 Å². The third-order valence-corrected chi connectivity index (χ3v) is 2.72. The maximum atomic E-state index is 12.8. The van der Waals surface area contributed by atoms with Crippen LogP contribution in [-0.2, 0) is 6.18 Å². The molecule has 0 N–H and O–H groups in total. The fraction of sp³-hybridized carbons (Fsp3) is 0.462. The molecule has 1 rings (SSSR count). The van der Waals surface area contributed by atoms with Gasteiger partial charge in [0.2, 0.25) is 0 Å². The Morgan fingerprint density at radius 2 is 1.94 bits per heavy atom. The summed E-state index contributed by atoms with van der Waals surface area (Å²) in [4.78, 5) is 1.84. The highest BCUT2D eigenvalue weighted by Crippen LogP contribution is 2.34. The molecule has 0 unspecified atom stereocenters. The zero-order chi connectivity index (χ0) is 13.9. The molecule has 2 nitrogen and oxygen atoms in total. The Hall–Kier alpha value is -1.70. The summed E-state index contributed by atoms with van der Waals surface area (Å²) >= 11 is 0. The van der Waals surface area contributed by atoms with Crippen molar-refractivity contribution < 1.29 is 13.2 Å². The van der Waals surface area contributed by atoms with Gasteiger partial charge in [-0.05, 0) is 39.0 Å². The van der Waals surface area contributed by atoms with Crippen LogP contribution in [0.3, 0.4) is 0 Å². The predicted octanol–water partition coefficient (Wildman–Crippen LogP) is 3.81. The van der Waals surface area contributed by atoms with Gasteiger partial charge in [0.15, 0.2) is 0 Å². The van der Waals surface area contributed by atoms with E-state index in [-0.39, 0.29) is 11.6 Å². The van der Waals surface area contributed by atoms with Gasteiger partial charge < -0.3 is 4.90 Å². The van der Waals surface area contributed by atoms with Crippen molar-refractivity contribution in [3.8, 4) is 6.07 Å². The second kappa shape index (κ2) is 5.30. The summed E-state index contributed by atoms with van der Waals surface area (Å²) in [5.74, 6) is 0. The molecule has 0 aliphatic carbocycles. The van der Waals surface area contributed by atoms with E-state index in [0.717, 1.165) is 6.07 Å². The summed E-state index contributed by atoms with van der Waals surface area (Å²) in [6.45, 7) is 6.32. The SMILES string of the molecule is CCN(c1ccc(C#N)c(C(F)(F)F)c1)C(C)C. The first-order valence-electron chi connectivity index (χ1n) is 5.69. The van der Waals surface area contributed by atoms with Crippen molar-refractivity contribution in [2.24, 2.45) is 0 Å². The van der Waals surface area contributed by atoms with Crippen LogP contribution in [0.25, 0.3) is 0 Å². The largest absolute Gasteiger partial charge is 0.417 e. The monoisotopic (exact) mass is 256 g/mol. The van der Waals surface area contributed by atoms with Crippen molar-refractivity contribution in [2.45, 2.75) is 33.0 Å². The lowest BCUT2D eigenvalue weighted by Gasteiger charge is -2.28. The highest BCUT2D eigenvalue weighted by molar-refractivity contribution is 5.55. The summed E-state index contributed by atoms with van der Waals surface area (Å²) in [6.07, 6.45) is -4.50. The predicted molar refractivity (Wildman–Crippen MR) is 64.3 cm³/mol. The molecule has 0 aromatic heterocycles. The van der Waals surface area contributed by atoms with Crippen molar-refractivity contribution in [1.82, 2.24) is 0 Å². The Bertz CT molecular complexity index is 458. The molecule has 0 saturated heterocycles. The molecule has 0 spiro atoms. The minimum absolute atomic E-state index is 0.101. The molecule has 0 saturated carbocycles. The van der Waals surface area contributed by atoms with Crippen molar-refractivity contribution in [3.63, 3.8) is 0 Å². The lowest BCUT2D eigenvalue weighted by molar-refractivity contribution is -0.137. The first-order valence-corrected chi connectivity index (χ1v) is 5.69. The molecule has 0 amide bonds. The molecule has 18 heavy (non-hydrogen) atoms. The van der Waals surface area contributed by atoms with Crippen LogP contribution in [-0.4, -0.2) is 12.6 Å². The number of alkyl halides is 3. The minimum Gasteiger partial charge on any atom is -0.369 e. The van der Waals surface area contributed by atoms with Gasteiger partial charge in [-0.25, -0.2) is 0 Å². The average molecular weight is 256 g/mol. The summed E-state index contributed by atoms with van der Waals surface area (Å²) in [5.41, 5.74) is -0.730. The normalized spacial score (nSPS) is 11.4. The van der Waals surface area contributed by atoms with Crippen LogP contribution in [0, 0.1) is 11.3 Å². The van der Waals surface area contributed by atoms with E-state index in [1.165, 1.54) is 6.07 Å². The number of anilines is 1. The standard InChI is InChI=1S/C13H15F3N2/c1-4-18(9(2)3)11-6-5-10(8-17)12(7-11)13(14,15)16/h5-7,9H,4H2,1-3H3. The van der Waals surface area contributed by atoms with Gasteiger partial charge >= 0.3 is 6.18 Å². The molecule has 0 bridgehead atoms. The number of halogens is 3. The number of rotatable bonds is 3. The van der Waals surface area contributed by atoms with Gasteiger partial charge in [0.05, 0.1) is 17.2 Å². The quantitative estimate of drug-likeness (QED) is 0.822. The van der Waals surface area contributed by atoms with Gasteiger partial charge in [-0.2, -0.15) is 18.4 Å². The first kappa shape index (κ1) is 14.4. The molecule has 1 aromatic rings. The third-order valence-electron chi connectivity index (χ3n) is 2.72. The summed E-state index contributed by atoms with van der Waals surface area (Å²) in [6, 6.07) is 5.50. The molecule has 0 aliphatic rings. The van der Waals surface area contributed by atoms with Crippen LogP contribution < -0.4 is 4.90 Å². The van der Waals surface area contributed by atoms with Crippen molar-refractivity contribution in [2.75, 3.05) is 11.4 Å². The zero-order valence-corrected chi connectivity index (χ0v) is 10.5. The maximum Gasteiger partial charge on any atom is 0.417 e. The molecule has 0 heterocycles. The van der Waals surface area contributed by atoms with E-state index < -0.39 is 11.7 Å². The van der Waals surface area contributed by atoms with E-state index in [0.29, 0.717) is 12.2 Å². The van der Waals surface area contributed by atoms with E-state index in [1.807, 2.05) is 25.7 Å². The van der Waals surface area contributed by atoms with Crippen LogP contribution in [0.1, 0.15) is 31.9 Å². The van der Waals surface area contributed by atoms with Crippen molar-refractivity contribution in [1.29, 1.82) is 5.26 Å². The highest BCUT2D eigenvalue weighted by atomic mass is 19.4. The van der Waals surface area contributed by atoms with Gasteiger partial charge in [0.25, 0.3) is 0 Å². The molecule has 0 fully saturated rings. The number of benzene rings is 1. The zero-order valence-electron chi connectivity index (χ0n) is 10.5. The van der Waals surface area contributed by atoms with Crippen LogP contribution in [0.15, 0.2) is 18.2 Å². The van der Waals surface area contributed by atoms with Crippen LogP contribution >= 0.6 is 0 Å². The second-order valence-corrected chi connectivity index (χ2v) is 4.22. The van der Waals surface area contributed by atoms with Crippen molar-refractivity contribution in [3.05, 3.63) is 29.3 Å². The molecule has 0 atom stereocenters. The summed E-state index contributed by atoms with van der Waals surface area (Å²) < 4.78 is 38.4.